The van der Waals surface area contributed by atoms with Gasteiger partial charge in [0, 0.05) is 44.5 Å². The first kappa shape index (κ1) is 16.0. The number of carbonyl (C=O) groups excluding carboxylic acids is 2. The van der Waals surface area contributed by atoms with Crippen LogP contribution < -0.4 is 0 Å². The molecular formula is C18H25N3O2. The molecule has 5 nitrogen and oxygen atoms in total. The maximum Gasteiger partial charge on any atom is 0.228 e. The predicted octanol–water partition coefficient (Wildman–Crippen LogP) is 2.22. The fourth-order valence-electron chi connectivity index (χ4n) is 3.75. The van der Waals surface area contributed by atoms with Gasteiger partial charge in [0.05, 0.1) is 5.92 Å². The van der Waals surface area contributed by atoms with Gasteiger partial charge in [0.15, 0.2) is 0 Å². The summed E-state index contributed by atoms with van der Waals surface area (Å²) in [7, 11) is 0. The minimum absolute atomic E-state index is 0.0808. The summed E-state index contributed by atoms with van der Waals surface area (Å²) in [6.07, 6.45) is 8.25. The summed E-state index contributed by atoms with van der Waals surface area (Å²) < 4.78 is 0. The van der Waals surface area contributed by atoms with E-state index in [-0.39, 0.29) is 17.7 Å². The van der Waals surface area contributed by atoms with Crippen molar-refractivity contribution in [3.63, 3.8) is 0 Å². The van der Waals surface area contributed by atoms with Crippen molar-refractivity contribution in [3.05, 3.63) is 30.1 Å². The predicted molar refractivity (Wildman–Crippen MR) is 87.4 cm³/mol. The maximum atomic E-state index is 12.8. The third-order valence-electron chi connectivity index (χ3n) is 5.04. The molecule has 2 unspecified atom stereocenters. The van der Waals surface area contributed by atoms with E-state index in [4.69, 9.17) is 0 Å². The summed E-state index contributed by atoms with van der Waals surface area (Å²) in [5.41, 5.74) is 1.01. The topological polar surface area (TPSA) is 53.5 Å². The molecule has 0 N–H and O–H groups in total. The van der Waals surface area contributed by atoms with Crippen LogP contribution in [-0.4, -0.2) is 45.7 Å². The van der Waals surface area contributed by atoms with Gasteiger partial charge in [-0.15, -0.1) is 0 Å². The van der Waals surface area contributed by atoms with Crippen molar-refractivity contribution in [2.45, 2.75) is 51.6 Å². The van der Waals surface area contributed by atoms with Crippen molar-refractivity contribution in [3.8, 4) is 0 Å². The molecule has 2 aliphatic rings. The van der Waals surface area contributed by atoms with E-state index in [0.717, 1.165) is 31.4 Å². The summed E-state index contributed by atoms with van der Waals surface area (Å²) in [6.45, 7) is 4.09. The largest absolute Gasteiger partial charge is 0.339 e. The average Bonchev–Trinajstić information content (AvgIpc) is 2.96. The number of carbonyl (C=O) groups is 2. The quantitative estimate of drug-likeness (QED) is 0.856. The fourth-order valence-corrected chi connectivity index (χ4v) is 3.75. The van der Waals surface area contributed by atoms with Crippen molar-refractivity contribution in [1.82, 2.24) is 14.8 Å². The molecule has 3 heterocycles. The second-order valence-electron chi connectivity index (χ2n) is 6.63. The van der Waals surface area contributed by atoms with Crippen molar-refractivity contribution in [2.24, 2.45) is 5.92 Å². The number of nitrogens with zero attached hydrogens (tertiary/aromatic N) is 3. The molecule has 0 spiro atoms. The Morgan fingerprint density at radius 1 is 1.39 bits per heavy atom. The lowest BCUT2D eigenvalue weighted by Gasteiger charge is -2.36. The zero-order chi connectivity index (χ0) is 16.2. The van der Waals surface area contributed by atoms with E-state index < -0.39 is 0 Å². The minimum atomic E-state index is -0.175. The Balaban J connectivity index is 1.63. The van der Waals surface area contributed by atoms with E-state index >= 15 is 0 Å². The van der Waals surface area contributed by atoms with Crippen LogP contribution in [0.5, 0.6) is 0 Å². The van der Waals surface area contributed by atoms with Gasteiger partial charge in [0.1, 0.15) is 0 Å². The van der Waals surface area contributed by atoms with Crippen LogP contribution in [0.1, 0.15) is 44.6 Å². The molecule has 0 radical (unpaired) electrons. The summed E-state index contributed by atoms with van der Waals surface area (Å²) >= 11 is 0. The van der Waals surface area contributed by atoms with E-state index in [1.165, 1.54) is 6.42 Å². The summed E-state index contributed by atoms with van der Waals surface area (Å²) in [4.78, 5) is 33.0. The molecule has 5 heteroatoms. The smallest absolute Gasteiger partial charge is 0.228 e. The molecule has 23 heavy (non-hydrogen) atoms. The first-order valence-corrected chi connectivity index (χ1v) is 8.66. The molecule has 1 aromatic heterocycles. The molecule has 0 aliphatic carbocycles. The highest BCUT2D eigenvalue weighted by Gasteiger charge is 2.38. The number of amides is 2. The zero-order valence-corrected chi connectivity index (χ0v) is 13.8. The SMILES string of the molecule is CCC1CCCCN1C(=O)C1CC(=O)N(Cc2cccnc2)C1. The Morgan fingerprint density at radius 2 is 2.26 bits per heavy atom. The van der Waals surface area contributed by atoms with Gasteiger partial charge >= 0.3 is 0 Å². The Morgan fingerprint density at radius 3 is 3.00 bits per heavy atom. The van der Waals surface area contributed by atoms with Crippen LogP contribution >= 0.6 is 0 Å². The Hall–Kier alpha value is -1.91. The fraction of sp³-hybridized carbons (Fsp3) is 0.611. The molecule has 0 saturated carbocycles. The molecule has 3 rings (SSSR count). The lowest BCUT2D eigenvalue weighted by Crippen LogP contribution is -2.46. The van der Waals surface area contributed by atoms with Gasteiger partial charge in [-0.25, -0.2) is 0 Å². The Bertz CT molecular complexity index is 561. The van der Waals surface area contributed by atoms with E-state index in [9.17, 15) is 9.59 Å². The number of hydrogen-bond donors (Lipinski definition) is 0. The first-order chi connectivity index (χ1) is 11.2. The molecule has 2 atom stereocenters. The number of hydrogen-bond acceptors (Lipinski definition) is 3. The summed E-state index contributed by atoms with van der Waals surface area (Å²) in [5, 5.41) is 0. The average molecular weight is 315 g/mol. The van der Waals surface area contributed by atoms with Gasteiger partial charge in [0.25, 0.3) is 0 Å². The van der Waals surface area contributed by atoms with Crippen LogP contribution in [-0.2, 0) is 16.1 Å². The lowest BCUT2D eigenvalue weighted by atomic mass is 9.97. The minimum Gasteiger partial charge on any atom is -0.339 e. The highest BCUT2D eigenvalue weighted by molar-refractivity contribution is 5.89. The van der Waals surface area contributed by atoms with E-state index in [1.807, 2.05) is 17.0 Å². The lowest BCUT2D eigenvalue weighted by molar-refractivity contribution is -0.139. The van der Waals surface area contributed by atoms with E-state index in [1.54, 1.807) is 17.3 Å². The Kier molecular flexibility index (Phi) is 4.94. The second kappa shape index (κ2) is 7.11. The zero-order valence-electron chi connectivity index (χ0n) is 13.8. The van der Waals surface area contributed by atoms with Crippen LogP contribution in [0.2, 0.25) is 0 Å². The summed E-state index contributed by atoms with van der Waals surface area (Å²) in [5.74, 6) is 0.0853. The standard InChI is InChI=1S/C18H25N3O2/c1-2-16-7-3-4-9-21(16)18(23)15-10-17(22)20(13-15)12-14-6-5-8-19-11-14/h5-6,8,11,15-16H,2-4,7,9-10,12-13H2,1H3. The van der Waals surface area contributed by atoms with Gasteiger partial charge in [0.2, 0.25) is 11.8 Å². The molecular weight excluding hydrogens is 290 g/mol. The van der Waals surface area contributed by atoms with E-state index in [0.29, 0.717) is 25.6 Å². The number of rotatable bonds is 4. The van der Waals surface area contributed by atoms with Crippen LogP contribution in [0, 0.1) is 5.92 Å². The van der Waals surface area contributed by atoms with Crippen LogP contribution in [0.3, 0.4) is 0 Å². The Labute approximate surface area is 137 Å². The van der Waals surface area contributed by atoms with Gasteiger partial charge in [-0.2, -0.15) is 0 Å². The van der Waals surface area contributed by atoms with Gasteiger partial charge < -0.3 is 9.80 Å². The molecule has 0 bridgehead atoms. The van der Waals surface area contributed by atoms with Gasteiger partial charge in [-0.1, -0.05) is 13.0 Å². The molecule has 1 aromatic rings. The highest BCUT2D eigenvalue weighted by Crippen LogP contribution is 2.26. The molecule has 2 saturated heterocycles. The molecule has 124 valence electrons. The van der Waals surface area contributed by atoms with Gasteiger partial charge in [-0.05, 0) is 37.3 Å². The third kappa shape index (κ3) is 3.54. The van der Waals surface area contributed by atoms with Crippen LogP contribution in [0.25, 0.3) is 0 Å². The first-order valence-electron chi connectivity index (χ1n) is 8.66. The van der Waals surface area contributed by atoms with Crippen molar-refractivity contribution in [1.29, 1.82) is 0 Å². The van der Waals surface area contributed by atoms with Crippen LogP contribution in [0.4, 0.5) is 0 Å². The number of piperidine rings is 1. The van der Waals surface area contributed by atoms with Crippen LogP contribution in [0.15, 0.2) is 24.5 Å². The number of pyridine rings is 1. The molecule has 2 fully saturated rings. The van der Waals surface area contributed by atoms with Crippen molar-refractivity contribution in [2.75, 3.05) is 13.1 Å². The third-order valence-corrected chi connectivity index (χ3v) is 5.04. The van der Waals surface area contributed by atoms with Crippen molar-refractivity contribution >= 4 is 11.8 Å². The monoisotopic (exact) mass is 315 g/mol. The number of aromatic nitrogens is 1. The second-order valence-corrected chi connectivity index (χ2v) is 6.63. The normalized spacial score (nSPS) is 25.0. The maximum absolute atomic E-state index is 12.8. The molecule has 0 aromatic carbocycles. The van der Waals surface area contributed by atoms with E-state index in [2.05, 4.69) is 11.9 Å². The number of likely N-dealkylation sites (tertiary alicyclic amines) is 2. The molecule has 2 aliphatic heterocycles. The van der Waals surface area contributed by atoms with Gasteiger partial charge in [-0.3, -0.25) is 14.6 Å². The summed E-state index contributed by atoms with van der Waals surface area (Å²) in [6, 6.07) is 4.20. The van der Waals surface area contributed by atoms with Crippen molar-refractivity contribution < 1.29 is 9.59 Å². The molecule has 2 amide bonds. The highest BCUT2D eigenvalue weighted by atomic mass is 16.2.